The number of azo groups is 2. The molecule has 0 aliphatic carbocycles. The van der Waals surface area contributed by atoms with E-state index in [1.54, 1.807) is 24.3 Å². The van der Waals surface area contributed by atoms with E-state index in [1.165, 1.54) is 48.5 Å². The Bertz CT molecular complexity index is 2520. The zero-order valence-electron chi connectivity index (χ0n) is 27.1. The van der Waals surface area contributed by atoms with Crippen molar-refractivity contribution < 1.29 is 132 Å². The molecule has 0 saturated heterocycles. The molecular weight excluding hydrogens is 756 g/mol. The first kappa shape index (κ1) is 44.8. The predicted octanol–water partition coefficient (Wildman–Crippen LogP) is -3.00. The normalized spacial score (nSPS) is 12.3. The molecule has 15 nitrogen and oxygen atoms in total. The number of rotatable bonds is 9. The van der Waals surface area contributed by atoms with Crippen molar-refractivity contribution in [1.29, 1.82) is 0 Å². The molecule has 5 aromatic rings. The Morgan fingerprint density at radius 3 is 1.76 bits per heavy atom. The summed E-state index contributed by atoms with van der Waals surface area (Å²) in [5, 5.41) is 26.4. The van der Waals surface area contributed by atoms with Gasteiger partial charge in [-0.2, -0.15) is 13.5 Å². The maximum atomic E-state index is 13.1. The van der Waals surface area contributed by atoms with Gasteiger partial charge >= 0.3 is 88.7 Å². The fourth-order valence-electron chi connectivity index (χ4n) is 4.48. The van der Waals surface area contributed by atoms with Gasteiger partial charge in [-0.3, -0.25) is 4.55 Å². The monoisotopic (exact) mass is 776 g/mol. The summed E-state index contributed by atoms with van der Waals surface area (Å²) in [5.41, 5.74) is 5.88. The van der Waals surface area contributed by atoms with Crippen LogP contribution in [0, 0.1) is 5.21 Å². The second kappa shape index (κ2) is 18.1. The van der Waals surface area contributed by atoms with E-state index in [1.807, 2.05) is 0 Å². The third kappa shape index (κ3) is 11.3. The van der Waals surface area contributed by atoms with Crippen molar-refractivity contribution in [3.05, 3.63) is 113 Å². The van der Waals surface area contributed by atoms with Crippen LogP contribution >= 0.6 is 0 Å². The molecule has 0 atom stereocenters. The van der Waals surface area contributed by atoms with Gasteiger partial charge in [-0.25, -0.2) is 16.8 Å². The minimum absolute atomic E-state index is 0. The summed E-state index contributed by atoms with van der Waals surface area (Å²) in [6.45, 7) is 0. The molecule has 0 saturated carbocycles. The molecule has 5 aromatic carbocycles. The Morgan fingerprint density at radius 1 is 0.647 bits per heavy atom. The van der Waals surface area contributed by atoms with Crippen molar-refractivity contribution in [1.82, 2.24) is 0 Å². The zero-order chi connectivity index (χ0) is 34.9. The minimum atomic E-state index is -4.94. The molecule has 0 fully saturated rings. The van der Waals surface area contributed by atoms with E-state index in [0.717, 1.165) is 36.4 Å². The second-order valence-electron chi connectivity index (χ2n) is 9.95. The maximum absolute atomic E-state index is 13.1. The molecule has 0 unspecified atom stereocenters. The standard InChI is InChI=1S/C30H23N5O10S3.3Na/c31-21-9-7-19(29(17-21)47(40,41)42)5-6-20-8-12-23(18-30(20)48(43,44)45)35(36)34-28-16-15-27(25-3-1-2-4-26(25)28)33-32-22-10-13-24(14-11-22)46(37,38)39;;;/h1-18H,31H2,(H,37,38,39)(H,40,41,42)(H,43,44,45);;;/q;3*+1/p-2/b6-5+,33-32?,35-34?;;;. The summed E-state index contributed by atoms with van der Waals surface area (Å²) in [4.78, 5) is -1.62. The van der Waals surface area contributed by atoms with Crippen molar-refractivity contribution in [3.8, 4) is 0 Å². The van der Waals surface area contributed by atoms with Crippen LogP contribution < -0.4 is 94.4 Å². The van der Waals surface area contributed by atoms with Crippen LogP contribution in [0.2, 0.25) is 0 Å². The fraction of sp³-hybridized carbons (Fsp3) is 0. The van der Waals surface area contributed by atoms with Gasteiger partial charge in [0.2, 0.25) is 5.69 Å². The first-order valence-electron chi connectivity index (χ1n) is 13.3. The van der Waals surface area contributed by atoms with Crippen molar-refractivity contribution >= 4 is 81.7 Å². The average Bonchev–Trinajstić information content (AvgIpc) is 3.02. The zero-order valence-corrected chi connectivity index (χ0v) is 35.6. The van der Waals surface area contributed by atoms with Crippen molar-refractivity contribution in [3.63, 3.8) is 0 Å². The smallest absolute Gasteiger partial charge is 0.744 e. The summed E-state index contributed by atoms with van der Waals surface area (Å²) in [6.07, 6.45) is 2.28. The first-order chi connectivity index (χ1) is 22.5. The Balaban J connectivity index is 0.00000300. The van der Waals surface area contributed by atoms with Crippen LogP contribution in [-0.2, 0) is 30.4 Å². The molecule has 0 aromatic heterocycles. The van der Waals surface area contributed by atoms with Crippen LogP contribution in [0.15, 0.2) is 127 Å². The number of nitrogen functional groups attached to an aromatic ring is 1. The van der Waals surface area contributed by atoms with Gasteiger partial charge in [-0.1, -0.05) is 47.3 Å². The maximum Gasteiger partial charge on any atom is 1.00 e. The summed E-state index contributed by atoms with van der Waals surface area (Å²) in [7, 11) is -14.5. The molecule has 21 heteroatoms. The van der Waals surface area contributed by atoms with Gasteiger partial charge in [0.05, 0.1) is 21.2 Å². The molecule has 0 radical (unpaired) electrons. The van der Waals surface area contributed by atoms with Gasteiger partial charge in [0, 0.05) is 33.7 Å². The summed E-state index contributed by atoms with van der Waals surface area (Å²) < 4.78 is 103. The van der Waals surface area contributed by atoms with Crippen molar-refractivity contribution in [2.75, 3.05) is 5.73 Å². The van der Waals surface area contributed by atoms with Gasteiger partial charge in [0.1, 0.15) is 30.8 Å². The van der Waals surface area contributed by atoms with Crippen LogP contribution in [0.4, 0.5) is 28.4 Å². The number of hydrogen-bond donors (Lipinski definition) is 2. The number of hydrogen-bond acceptors (Lipinski definition) is 13. The molecule has 246 valence electrons. The molecule has 0 amide bonds. The summed E-state index contributed by atoms with van der Waals surface area (Å²) in [5.74, 6) is 0. The summed E-state index contributed by atoms with van der Waals surface area (Å²) in [6, 6.07) is 21.3. The van der Waals surface area contributed by atoms with Gasteiger partial charge < -0.3 is 20.0 Å². The Morgan fingerprint density at radius 2 is 1.20 bits per heavy atom. The van der Waals surface area contributed by atoms with Crippen molar-refractivity contribution in [2.45, 2.75) is 14.7 Å². The molecule has 51 heavy (non-hydrogen) atoms. The van der Waals surface area contributed by atoms with E-state index in [9.17, 15) is 44.1 Å². The molecular formula is C30H21N5Na3O10S3+. The molecule has 0 aliphatic heterocycles. The Labute approximate surface area is 359 Å². The quantitative estimate of drug-likeness (QED) is 0.0290. The Kier molecular flexibility index (Phi) is 15.9. The van der Waals surface area contributed by atoms with Crippen LogP contribution in [-0.4, -0.2) is 43.8 Å². The van der Waals surface area contributed by atoms with Crippen LogP contribution in [0.5, 0.6) is 0 Å². The molecule has 0 heterocycles. The SMILES string of the molecule is Nc1ccc(/C=C/c2ccc([N+]([O-])=Nc3ccc(N=Nc4ccc(S(=O)(=O)[O-])cc4)c4ccccc34)cc2S(=O)(=O)O)c(S(=O)(=O)[O-])c1.[Na+].[Na+].[Na+]. The van der Waals surface area contributed by atoms with Gasteiger partial charge in [0.25, 0.3) is 10.1 Å². The molecule has 0 aliphatic rings. The van der Waals surface area contributed by atoms with Crippen LogP contribution in [0.3, 0.4) is 0 Å². The van der Waals surface area contributed by atoms with E-state index in [4.69, 9.17) is 5.73 Å². The predicted molar refractivity (Wildman–Crippen MR) is 172 cm³/mol. The van der Waals surface area contributed by atoms with E-state index in [2.05, 4.69) is 15.3 Å². The summed E-state index contributed by atoms with van der Waals surface area (Å²) >= 11 is 0. The third-order valence-electron chi connectivity index (χ3n) is 6.72. The van der Waals surface area contributed by atoms with E-state index >= 15 is 0 Å². The first-order valence-corrected chi connectivity index (χ1v) is 17.6. The number of benzene rings is 5. The topological polar surface area (TPSA) is 258 Å². The van der Waals surface area contributed by atoms with Crippen LogP contribution in [0.1, 0.15) is 11.1 Å². The number of nitrogens with two attached hydrogens (primary N) is 1. The third-order valence-corrected chi connectivity index (χ3v) is 9.37. The largest absolute Gasteiger partial charge is 1.00 e. The van der Waals surface area contributed by atoms with Crippen LogP contribution in [0.25, 0.3) is 22.9 Å². The number of fused-ring (bicyclic) bond motifs is 1. The fourth-order valence-corrected chi connectivity index (χ4v) is 6.35. The van der Waals surface area contributed by atoms with Gasteiger partial charge in [-0.15, -0.1) is 5.11 Å². The molecule has 3 N–H and O–H groups in total. The second-order valence-corrected chi connectivity index (χ2v) is 14.1. The average molecular weight is 777 g/mol. The van der Waals surface area contributed by atoms with Gasteiger partial charge in [-0.05, 0) is 65.7 Å². The molecule has 5 rings (SSSR count). The molecule has 0 spiro atoms. The number of nitrogens with zero attached hydrogens (tertiary/aromatic N) is 4. The van der Waals surface area contributed by atoms with E-state index in [-0.39, 0.29) is 127 Å². The van der Waals surface area contributed by atoms with E-state index < -0.39 is 45.0 Å². The number of anilines is 1. The Hall–Kier alpha value is -2.37. The minimum Gasteiger partial charge on any atom is -0.744 e. The van der Waals surface area contributed by atoms with Crippen molar-refractivity contribution in [2.24, 2.45) is 15.3 Å². The van der Waals surface area contributed by atoms with E-state index in [0.29, 0.717) is 16.5 Å². The molecule has 0 bridgehead atoms. The van der Waals surface area contributed by atoms with Gasteiger partial charge in [0.15, 0.2) is 0 Å².